The first-order chi connectivity index (χ1) is 41.8. The van der Waals surface area contributed by atoms with Crippen LogP contribution in [0, 0.1) is 29.6 Å². The molecule has 2 saturated heterocycles. The van der Waals surface area contributed by atoms with Crippen molar-refractivity contribution in [3.8, 4) is 11.1 Å². The number of nitrogens with zero attached hydrogens (tertiary/aromatic N) is 7. The number of cyclic esters (lactones) is 1. The van der Waals surface area contributed by atoms with E-state index in [1.54, 1.807) is 64.6 Å². The van der Waals surface area contributed by atoms with Gasteiger partial charge in [-0.25, -0.2) is 4.79 Å². The molecule has 6 rings (SSSR count). The first-order valence-electron chi connectivity index (χ1n) is 31.6. The maximum atomic E-state index is 15.8. The molecule has 4 N–H and O–H groups in total. The van der Waals surface area contributed by atoms with Crippen LogP contribution in [0.1, 0.15) is 126 Å². The Bertz CT molecular complexity index is 3170. The normalized spacial score (nSPS) is 24.9. The molecular weight excluding hydrogens is 1130 g/mol. The zero-order valence-electron chi connectivity index (χ0n) is 55.4. The quantitative estimate of drug-likeness (QED) is 0.107. The van der Waals surface area contributed by atoms with Gasteiger partial charge in [-0.15, -0.1) is 0 Å². The van der Waals surface area contributed by atoms with Gasteiger partial charge in [-0.1, -0.05) is 142 Å². The van der Waals surface area contributed by atoms with Crippen molar-refractivity contribution in [2.24, 2.45) is 36.6 Å². The van der Waals surface area contributed by atoms with Crippen LogP contribution < -0.4 is 16.0 Å². The number of benzene rings is 3. The van der Waals surface area contributed by atoms with Crippen molar-refractivity contribution >= 4 is 64.1 Å². The summed E-state index contributed by atoms with van der Waals surface area (Å²) in [5.74, 6) is -8.88. The van der Waals surface area contributed by atoms with Crippen molar-refractivity contribution in [2.45, 2.75) is 188 Å². The van der Waals surface area contributed by atoms with Crippen LogP contribution in [0.2, 0.25) is 0 Å². The van der Waals surface area contributed by atoms with Gasteiger partial charge in [0.1, 0.15) is 42.3 Å². The number of esters is 1. The highest BCUT2D eigenvalue weighted by molar-refractivity contribution is 6.00. The predicted octanol–water partition coefficient (Wildman–Crippen LogP) is 5.93. The fourth-order valence-corrected chi connectivity index (χ4v) is 12.6. The minimum absolute atomic E-state index is 0.0263. The van der Waals surface area contributed by atoms with Gasteiger partial charge in [0, 0.05) is 65.9 Å². The average molecular weight is 1230 g/mol. The Labute approximate surface area is 526 Å². The van der Waals surface area contributed by atoms with E-state index in [9.17, 15) is 19.5 Å². The highest BCUT2D eigenvalue weighted by Gasteiger charge is 2.48. The number of fused-ring (bicyclic) bond motifs is 2. The molecular formula is C68H98N10O11. The number of rotatable bonds is 14. The third-order valence-electron chi connectivity index (χ3n) is 18.0. The minimum Gasteiger partial charge on any atom is -0.450 e. The molecule has 4 aromatic rings. The van der Waals surface area contributed by atoms with Gasteiger partial charge in [0.05, 0.1) is 17.3 Å². The summed E-state index contributed by atoms with van der Waals surface area (Å²) in [6.45, 7) is 20.6. The first-order valence-corrected chi connectivity index (χ1v) is 31.6. The maximum absolute atomic E-state index is 15.8. The van der Waals surface area contributed by atoms with Crippen molar-refractivity contribution in [2.75, 3.05) is 34.7 Å². The Morgan fingerprint density at radius 3 is 1.78 bits per heavy atom. The Morgan fingerprint density at radius 1 is 0.618 bits per heavy atom. The Balaban J connectivity index is 1.53. The van der Waals surface area contributed by atoms with Crippen LogP contribution in [-0.4, -0.2) is 187 Å². The van der Waals surface area contributed by atoms with Crippen LogP contribution in [0.15, 0.2) is 79.0 Å². The number of hydrogen-bond acceptors (Lipinski definition) is 12. The summed E-state index contributed by atoms with van der Waals surface area (Å²) >= 11 is 0. The lowest BCUT2D eigenvalue weighted by molar-refractivity contribution is -0.177. The summed E-state index contributed by atoms with van der Waals surface area (Å²) in [6.07, 6.45) is 1.68. The molecule has 0 spiro atoms. The summed E-state index contributed by atoms with van der Waals surface area (Å²) in [7, 11) is 7.55. The topological polar surface area (TPSA) is 253 Å². The molecule has 2 aliphatic heterocycles. The lowest BCUT2D eigenvalue weighted by Gasteiger charge is -2.39. The molecule has 21 heteroatoms. The third-order valence-corrected chi connectivity index (χ3v) is 18.0. The van der Waals surface area contributed by atoms with Crippen molar-refractivity contribution in [3.63, 3.8) is 0 Å². The third kappa shape index (κ3) is 16.4. The molecule has 8 amide bonds. The molecule has 0 aliphatic carbocycles. The van der Waals surface area contributed by atoms with Gasteiger partial charge in [0.25, 0.3) is 5.91 Å². The van der Waals surface area contributed by atoms with Gasteiger partial charge in [0.15, 0.2) is 12.1 Å². The van der Waals surface area contributed by atoms with Gasteiger partial charge >= 0.3 is 5.97 Å². The molecule has 3 aromatic carbocycles. The number of carbonyl (C=O) groups is 9. The molecule has 21 nitrogen and oxygen atoms in total. The van der Waals surface area contributed by atoms with Crippen LogP contribution in [0.5, 0.6) is 0 Å². The van der Waals surface area contributed by atoms with E-state index in [0.717, 1.165) is 26.9 Å². The largest absolute Gasteiger partial charge is 0.450 e. The average Bonchev–Trinajstić information content (AvgIpc) is 2.14. The second kappa shape index (κ2) is 30.2. The van der Waals surface area contributed by atoms with Crippen LogP contribution in [0.3, 0.4) is 0 Å². The Morgan fingerprint density at radius 2 is 1.19 bits per heavy atom. The summed E-state index contributed by atoms with van der Waals surface area (Å²) < 4.78 is 7.93. The highest BCUT2D eigenvalue weighted by atomic mass is 16.6. The minimum atomic E-state index is -1.99. The molecule has 89 heavy (non-hydrogen) atoms. The van der Waals surface area contributed by atoms with E-state index in [-0.39, 0.29) is 38.1 Å². The number of amides is 8. The van der Waals surface area contributed by atoms with Crippen molar-refractivity contribution in [1.82, 2.24) is 50.2 Å². The standard InChI is InChI=1S/C68H98N10O11/c1-18-42(9)54-65(85)74(14)55(40(5)6)60(80)70-49(34-39(3)4)63(83)76(16)58(68(11,12)88)67(87)89-57(43(10)19-2)66(86)75(15)56(41(7)8)61(81)71-50(36-44-26-21-20-22-27-44)62(82)73(13)53(64(84)78-33-25-32-52(78)59(79)72-54)37-45-28-23-29-46(35-45)47-30-24-31-51-48(47)38-69-77(51)17/h20-24,26-31,35,38-43,49-50,52-58,88H,18-19,25,32-34,36-37H2,1-17H3,(H,70,80)(H,71,81)(H,72,79)/t42-,43-,49-,50-,52-,53-,54?,55-,56-,57+,58+/m0/s1. The second-order valence-corrected chi connectivity index (χ2v) is 26.4. The smallest absolute Gasteiger partial charge is 0.332 e. The summed E-state index contributed by atoms with van der Waals surface area (Å²) in [6, 6.07) is 12.3. The molecule has 1 aromatic heterocycles. The number of ether oxygens (including phenoxy) is 1. The highest BCUT2D eigenvalue weighted by Crippen LogP contribution is 2.32. The number of aromatic nitrogens is 2. The number of aryl methyl sites for hydroxylation is 1. The zero-order valence-corrected chi connectivity index (χ0v) is 55.4. The summed E-state index contributed by atoms with van der Waals surface area (Å²) in [4.78, 5) is 143. The monoisotopic (exact) mass is 1230 g/mol. The number of likely N-dealkylation sites (N-methyl/N-ethyl adjacent to an activating group) is 4. The van der Waals surface area contributed by atoms with Crippen molar-refractivity contribution < 1.29 is 53.0 Å². The fraction of sp³-hybridized carbons (Fsp3) is 0.588. The SMILES string of the molecule is CC[C@H](C)C1NC(=O)[C@@H]2CCCN2C(=O)[C@H](Cc2cccc(-c3cccc4c3cnn4C)c2)N(C)C(=O)[C@H](Cc2ccccc2)NC(=O)[C@H](C(C)C)N(C)C(=O)[C@@H]([C@@H](C)CC)OC(=O)[C@H](C(C)(C)O)N(C)C(=O)[C@H](CC(C)C)NC(=O)[C@H](C(C)C)N(C)C1=O. The zero-order chi connectivity index (χ0) is 66.1. The van der Waals surface area contributed by atoms with Gasteiger partial charge in [-0.05, 0) is 91.5 Å². The fourth-order valence-electron chi connectivity index (χ4n) is 12.6. The van der Waals surface area contributed by atoms with E-state index in [1.807, 2.05) is 95.4 Å². The molecule has 2 fully saturated rings. The van der Waals surface area contributed by atoms with Crippen LogP contribution in [0.25, 0.3) is 22.0 Å². The van der Waals surface area contributed by atoms with E-state index in [2.05, 4.69) is 21.0 Å². The lowest BCUT2D eigenvalue weighted by atomic mass is 9.93. The van der Waals surface area contributed by atoms with Gasteiger partial charge < -0.3 is 50.3 Å². The summed E-state index contributed by atoms with van der Waals surface area (Å²) in [5.41, 5.74) is 2.02. The molecule has 11 atom stereocenters. The van der Waals surface area contributed by atoms with Gasteiger partial charge in [-0.3, -0.25) is 43.0 Å². The number of hydrogen-bond donors (Lipinski definition) is 4. The first kappa shape index (κ1) is 70.4. The van der Waals surface area contributed by atoms with E-state index >= 15 is 28.8 Å². The van der Waals surface area contributed by atoms with Gasteiger partial charge in [-0.2, -0.15) is 5.10 Å². The molecule has 0 radical (unpaired) electrons. The van der Waals surface area contributed by atoms with Crippen molar-refractivity contribution in [3.05, 3.63) is 90.1 Å². The van der Waals surface area contributed by atoms with Gasteiger partial charge in [0.2, 0.25) is 41.4 Å². The molecule has 1 unspecified atom stereocenters. The van der Waals surface area contributed by atoms with Crippen LogP contribution in [0.4, 0.5) is 0 Å². The molecule has 486 valence electrons. The summed E-state index contributed by atoms with van der Waals surface area (Å²) in [5, 5.41) is 26.0. The van der Waals surface area contributed by atoms with Crippen molar-refractivity contribution in [1.29, 1.82) is 0 Å². The Kier molecular flexibility index (Phi) is 23.9. The van der Waals surface area contributed by atoms with E-state index in [0.29, 0.717) is 30.4 Å². The number of nitrogens with one attached hydrogen (secondary N) is 3. The van der Waals surface area contributed by atoms with Crippen LogP contribution >= 0.6 is 0 Å². The molecule has 0 saturated carbocycles. The second-order valence-electron chi connectivity index (χ2n) is 26.4. The number of carbonyl (C=O) groups excluding carboxylic acids is 9. The molecule has 2 aliphatic rings. The van der Waals surface area contributed by atoms with E-state index in [4.69, 9.17) is 4.74 Å². The van der Waals surface area contributed by atoms with E-state index < -0.39 is 137 Å². The van der Waals surface area contributed by atoms with E-state index in [1.165, 1.54) is 61.6 Å². The Hall–Kier alpha value is -7.68. The maximum Gasteiger partial charge on any atom is 0.332 e. The number of aliphatic hydroxyl groups is 1. The molecule has 3 heterocycles. The predicted molar refractivity (Wildman–Crippen MR) is 341 cm³/mol. The molecule has 0 bridgehead atoms. The van der Waals surface area contributed by atoms with Crippen LogP contribution in [-0.2, 0) is 67.8 Å². The lowest BCUT2D eigenvalue weighted by Crippen LogP contribution is -2.63.